The standard InChI is InChI=1S/C21H13F3N8O/c22-21(23,24)19-16(11-29-31(19)17-12-25-9-13-3-1-2-4-15(13)17)20(33)30-14-5-6-18(26-10-14)32-27-7-8-28-32/h1-12H,(H,30,33). The number of carbonyl (C=O) groups excluding carboxylic acids is 1. The Kier molecular flexibility index (Phi) is 4.81. The molecule has 164 valence electrons. The van der Waals surface area contributed by atoms with E-state index in [1.807, 2.05) is 0 Å². The summed E-state index contributed by atoms with van der Waals surface area (Å²) in [6.45, 7) is 0. The Hall–Kier alpha value is -4.61. The van der Waals surface area contributed by atoms with Gasteiger partial charge >= 0.3 is 6.18 Å². The predicted octanol–water partition coefficient (Wildman–Crippen LogP) is 3.67. The van der Waals surface area contributed by atoms with Crippen LogP contribution < -0.4 is 5.32 Å². The van der Waals surface area contributed by atoms with Gasteiger partial charge in [-0.15, -0.1) is 4.80 Å². The maximum absolute atomic E-state index is 14.0. The van der Waals surface area contributed by atoms with Gasteiger partial charge in [-0.05, 0) is 12.1 Å². The third-order valence-corrected chi connectivity index (χ3v) is 4.79. The number of aromatic nitrogens is 7. The second kappa shape index (κ2) is 7.82. The minimum atomic E-state index is -4.85. The maximum atomic E-state index is 14.0. The van der Waals surface area contributed by atoms with Crippen LogP contribution in [0.1, 0.15) is 16.1 Å². The van der Waals surface area contributed by atoms with Gasteiger partial charge in [0, 0.05) is 17.0 Å². The van der Waals surface area contributed by atoms with Crippen molar-refractivity contribution in [3.8, 4) is 11.5 Å². The van der Waals surface area contributed by atoms with Crippen LogP contribution in [0.3, 0.4) is 0 Å². The molecule has 4 aromatic heterocycles. The summed E-state index contributed by atoms with van der Waals surface area (Å²) < 4.78 is 42.8. The number of carbonyl (C=O) groups is 1. The summed E-state index contributed by atoms with van der Waals surface area (Å²) in [4.78, 5) is 22.1. The molecule has 5 aromatic rings. The van der Waals surface area contributed by atoms with Crippen molar-refractivity contribution in [3.05, 3.63) is 84.8 Å². The van der Waals surface area contributed by atoms with Crippen molar-refractivity contribution in [3.63, 3.8) is 0 Å². The van der Waals surface area contributed by atoms with Crippen LogP contribution in [0.25, 0.3) is 22.3 Å². The molecule has 4 heterocycles. The molecule has 5 rings (SSSR count). The average molecular weight is 450 g/mol. The van der Waals surface area contributed by atoms with Crippen LogP contribution in [0.4, 0.5) is 18.9 Å². The summed E-state index contributed by atoms with van der Waals surface area (Å²) in [6, 6.07) is 9.84. The SMILES string of the molecule is O=C(Nc1ccc(-n2nccn2)nc1)c1cnn(-c2cncc3ccccc23)c1C(F)(F)F. The fourth-order valence-corrected chi connectivity index (χ4v) is 3.35. The predicted molar refractivity (Wildman–Crippen MR) is 111 cm³/mol. The number of hydrogen-bond donors (Lipinski definition) is 1. The number of benzene rings is 1. The number of nitrogens with one attached hydrogen (secondary N) is 1. The van der Waals surface area contributed by atoms with Crippen molar-refractivity contribution in [2.75, 3.05) is 5.32 Å². The Balaban J connectivity index is 1.51. The average Bonchev–Trinajstić information content (AvgIpc) is 3.49. The zero-order valence-electron chi connectivity index (χ0n) is 16.6. The van der Waals surface area contributed by atoms with E-state index in [9.17, 15) is 18.0 Å². The van der Waals surface area contributed by atoms with Crippen LogP contribution in [-0.4, -0.2) is 40.6 Å². The molecule has 0 aliphatic rings. The molecule has 12 heteroatoms. The first-order valence-electron chi connectivity index (χ1n) is 9.54. The Morgan fingerprint density at radius 2 is 1.70 bits per heavy atom. The molecule has 1 aromatic carbocycles. The summed E-state index contributed by atoms with van der Waals surface area (Å²) in [6.07, 6.45) is 3.08. The van der Waals surface area contributed by atoms with Crippen LogP contribution in [0.15, 0.2) is 73.6 Å². The Bertz CT molecular complexity index is 1440. The van der Waals surface area contributed by atoms with E-state index in [0.29, 0.717) is 21.3 Å². The second-order valence-corrected chi connectivity index (χ2v) is 6.87. The highest BCUT2D eigenvalue weighted by atomic mass is 19.4. The largest absolute Gasteiger partial charge is 0.434 e. The van der Waals surface area contributed by atoms with Gasteiger partial charge in [0.25, 0.3) is 5.91 Å². The lowest BCUT2D eigenvalue weighted by atomic mass is 10.1. The molecule has 0 atom stereocenters. The number of nitrogens with zero attached hydrogens (tertiary/aromatic N) is 7. The number of anilines is 1. The van der Waals surface area contributed by atoms with E-state index in [4.69, 9.17) is 0 Å². The fourth-order valence-electron chi connectivity index (χ4n) is 3.35. The summed E-state index contributed by atoms with van der Waals surface area (Å²) in [5.41, 5.74) is -1.53. The van der Waals surface area contributed by atoms with E-state index in [-0.39, 0.29) is 11.4 Å². The summed E-state index contributed by atoms with van der Waals surface area (Å²) in [5.74, 6) is -0.598. The Morgan fingerprint density at radius 1 is 0.909 bits per heavy atom. The van der Waals surface area contributed by atoms with Crippen molar-refractivity contribution in [1.29, 1.82) is 0 Å². The van der Waals surface area contributed by atoms with Crippen LogP contribution >= 0.6 is 0 Å². The number of halogens is 3. The van der Waals surface area contributed by atoms with Gasteiger partial charge in [-0.3, -0.25) is 9.78 Å². The first-order valence-corrected chi connectivity index (χ1v) is 9.54. The number of pyridine rings is 2. The van der Waals surface area contributed by atoms with Crippen molar-refractivity contribution in [1.82, 2.24) is 34.7 Å². The van der Waals surface area contributed by atoms with Crippen molar-refractivity contribution in [2.24, 2.45) is 0 Å². The highest BCUT2D eigenvalue weighted by molar-refractivity contribution is 6.05. The van der Waals surface area contributed by atoms with Crippen LogP contribution in [0.2, 0.25) is 0 Å². The molecule has 0 radical (unpaired) electrons. The molecule has 0 unspecified atom stereocenters. The zero-order chi connectivity index (χ0) is 23.0. The molecule has 0 aliphatic carbocycles. The van der Waals surface area contributed by atoms with E-state index in [1.54, 1.807) is 30.5 Å². The molecular weight excluding hydrogens is 437 g/mol. The minimum Gasteiger partial charge on any atom is -0.320 e. The third-order valence-electron chi connectivity index (χ3n) is 4.79. The number of alkyl halides is 3. The summed E-state index contributed by atoms with van der Waals surface area (Å²) >= 11 is 0. The molecular formula is C21H13F3N8O. The van der Waals surface area contributed by atoms with Gasteiger partial charge in [0.1, 0.15) is 0 Å². The normalized spacial score (nSPS) is 11.6. The van der Waals surface area contributed by atoms with E-state index in [1.165, 1.54) is 41.7 Å². The highest BCUT2D eigenvalue weighted by Crippen LogP contribution is 2.35. The van der Waals surface area contributed by atoms with Gasteiger partial charge in [0.05, 0.1) is 47.9 Å². The topological polar surface area (TPSA) is 103 Å². The first kappa shape index (κ1) is 20.3. The molecule has 0 saturated heterocycles. The molecule has 0 bridgehead atoms. The van der Waals surface area contributed by atoms with E-state index in [2.05, 4.69) is 30.6 Å². The molecule has 33 heavy (non-hydrogen) atoms. The van der Waals surface area contributed by atoms with Crippen molar-refractivity contribution in [2.45, 2.75) is 6.18 Å². The first-order chi connectivity index (χ1) is 15.9. The van der Waals surface area contributed by atoms with Gasteiger partial charge in [-0.25, -0.2) is 9.67 Å². The van der Waals surface area contributed by atoms with Gasteiger partial charge < -0.3 is 5.32 Å². The van der Waals surface area contributed by atoms with Gasteiger partial charge in [0.2, 0.25) is 0 Å². The van der Waals surface area contributed by atoms with E-state index < -0.39 is 23.3 Å². The van der Waals surface area contributed by atoms with Crippen molar-refractivity contribution >= 4 is 22.4 Å². The van der Waals surface area contributed by atoms with Crippen LogP contribution in [0.5, 0.6) is 0 Å². The van der Waals surface area contributed by atoms with Crippen molar-refractivity contribution < 1.29 is 18.0 Å². The van der Waals surface area contributed by atoms with E-state index >= 15 is 0 Å². The molecule has 0 fully saturated rings. The maximum Gasteiger partial charge on any atom is 0.434 e. The smallest absolute Gasteiger partial charge is 0.320 e. The molecule has 0 saturated carbocycles. The highest BCUT2D eigenvalue weighted by Gasteiger charge is 2.41. The van der Waals surface area contributed by atoms with Gasteiger partial charge in [-0.1, -0.05) is 24.3 Å². The number of amides is 1. The molecule has 1 N–H and O–H groups in total. The van der Waals surface area contributed by atoms with Gasteiger partial charge in [0.15, 0.2) is 11.5 Å². The lowest BCUT2D eigenvalue weighted by Crippen LogP contribution is -2.21. The zero-order valence-corrected chi connectivity index (χ0v) is 16.6. The number of fused-ring (bicyclic) bond motifs is 1. The molecule has 1 amide bonds. The lowest BCUT2D eigenvalue weighted by Gasteiger charge is -2.14. The molecule has 9 nitrogen and oxygen atoms in total. The molecule has 0 spiro atoms. The quantitative estimate of drug-likeness (QED) is 0.448. The fraction of sp³-hybridized carbons (Fsp3) is 0.0476. The summed E-state index contributed by atoms with van der Waals surface area (Å²) in [5, 5.41) is 15.3. The van der Waals surface area contributed by atoms with E-state index in [0.717, 1.165) is 6.20 Å². The van der Waals surface area contributed by atoms with Crippen LogP contribution in [-0.2, 0) is 6.18 Å². The monoisotopic (exact) mass is 450 g/mol. The Morgan fingerprint density at radius 3 is 2.42 bits per heavy atom. The Labute approximate surface area is 183 Å². The second-order valence-electron chi connectivity index (χ2n) is 6.87. The summed E-state index contributed by atoms with van der Waals surface area (Å²) in [7, 11) is 0. The third kappa shape index (κ3) is 3.78. The number of rotatable bonds is 4. The van der Waals surface area contributed by atoms with Crippen LogP contribution in [0, 0.1) is 0 Å². The molecule has 0 aliphatic heterocycles. The minimum absolute atomic E-state index is 0.109. The van der Waals surface area contributed by atoms with Gasteiger partial charge in [-0.2, -0.15) is 28.5 Å². The lowest BCUT2D eigenvalue weighted by molar-refractivity contribution is -0.143. The number of hydrogen-bond acceptors (Lipinski definition) is 6.